The Morgan fingerprint density at radius 3 is 2.62 bits per heavy atom. The molecule has 0 saturated carbocycles. The average Bonchev–Trinajstić information content (AvgIpc) is 2.04. The van der Waals surface area contributed by atoms with E-state index in [1.54, 1.807) is 6.07 Å². The fraction of sp³-hybridized carbons (Fsp3) is 0.500. The second-order valence-corrected chi connectivity index (χ2v) is 3.59. The van der Waals surface area contributed by atoms with Gasteiger partial charge in [-0.25, -0.2) is 4.98 Å². The topological polar surface area (TPSA) is 16.1 Å². The van der Waals surface area contributed by atoms with Gasteiger partial charge in [0.1, 0.15) is 11.0 Å². The number of pyridine rings is 1. The molecule has 0 aliphatic heterocycles. The SMILES string of the molecule is CCN(c1cccc(Cl)n1)C(C)C. The van der Waals surface area contributed by atoms with E-state index in [0.717, 1.165) is 12.4 Å². The molecule has 0 N–H and O–H groups in total. The Kier molecular flexibility index (Phi) is 3.55. The van der Waals surface area contributed by atoms with Crippen LogP contribution in [0.3, 0.4) is 0 Å². The fourth-order valence-electron chi connectivity index (χ4n) is 1.35. The number of anilines is 1. The third kappa shape index (κ3) is 2.59. The van der Waals surface area contributed by atoms with E-state index in [2.05, 4.69) is 30.7 Å². The highest BCUT2D eigenvalue weighted by atomic mass is 35.5. The van der Waals surface area contributed by atoms with Crippen molar-refractivity contribution >= 4 is 17.4 Å². The van der Waals surface area contributed by atoms with Crippen LogP contribution >= 0.6 is 11.6 Å². The molecule has 0 aliphatic rings. The molecule has 0 saturated heterocycles. The number of hydrogen-bond acceptors (Lipinski definition) is 2. The average molecular weight is 199 g/mol. The van der Waals surface area contributed by atoms with E-state index in [0.29, 0.717) is 11.2 Å². The zero-order valence-corrected chi connectivity index (χ0v) is 9.04. The molecule has 0 unspecified atom stereocenters. The van der Waals surface area contributed by atoms with Crippen molar-refractivity contribution in [1.82, 2.24) is 4.98 Å². The zero-order valence-electron chi connectivity index (χ0n) is 8.29. The first-order valence-corrected chi connectivity index (χ1v) is 4.92. The monoisotopic (exact) mass is 198 g/mol. The quantitative estimate of drug-likeness (QED) is 0.695. The molecule has 0 spiro atoms. The van der Waals surface area contributed by atoms with Crippen molar-refractivity contribution in [2.75, 3.05) is 11.4 Å². The summed E-state index contributed by atoms with van der Waals surface area (Å²) in [6.07, 6.45) is 0. The van der Waals surface area contributed by atoms with Crippen molar-refractivity contribution in [2.45, 2.75) is 26.8 Å². The molecule has 0 bridgehead atoms. The highest BCUT2D eigenvalue weighted by Gasteiger charge is 2.08. The predicted octanol–water partition coefficient (Wildman–Crippen LogP) is 2.97. The van der Waals surface area contributed by atoms with Gasteiger partial charge in [-0.05, 0) is 32.9 Å². The van der Waals surface area contributed by atoms with Crippen LogP contribution in [0.4, 0.5) is 5.82 Å². The second-order valence-electron chi connectivity index (χ2n) is 3.20. The van der Waals surface area contributed by atoms with Gasteiger partial charge in [0.2, 0.25) is 0 Å². The first-order chi connectivity index (χ1) is 6.15. The summed E-state index contributed by atoms with van der Waals surface area (Å²) in [5.41, 5.74) is 0. The first kappa shape index (κ1) is 10.3. The largest absolute Gasteiger partial charge is 0.354 e. The van der Waals surface area contributed by atoms with Crippen molar-refractivity contribution in [3.8, 4) is 0 Å². The van der Waals surface area contributed by atoms with Crippen LogP contribution in [0.1, 0.15) is 20.8 Å². The summed E-state index contributed by atoms with van der Waals surface area (Å²) >= 11 is 5.81. The molecule has 1 rings (SSSR count). The number of aromatic nitrogens is 1. The van der Waals surface area contributed by atoms with Crippen molar-refractivity contribution < 1.29 is 0 Å². The Morgan fingerprint density at radius 2 is 2.15 bits per heavy atom. The maximum atomic E-state index is 5.81. The van der Waals surface area contributed by atoms with Crippen LogP contribution in [-0.4, -0.2) is 17.6 Å². The smallest absolute Gasteiger partial charge is 0.131 e. The van der Waals surface area contributed by atoms with Gasteiger partial charge >= 0.3 is 0 Å². The Morgan fingerprint density at radius 1 is 1.46 bits per heavy atom. The van der Waals surface area contributed by atoms with Crippen LogP contribution in [-0.2, 0) is 0 Å². The maximum absolute atomic E-state index is 5.81. The lowest BCUT2D eigenvalue weighted by Crippen LogP contribution is -2.30. The molecular weight excluding hydrogens is 184 g/mol. The molecule has 0 radical (unpaired) electrons. The fourth-order valence-corrected chi connectivity index (χ4v) is 1.51. The van der Waals surface area contributed by atoms with E-state index in [4.69, 9.17) is 11.6 Å². The number of rotatable bonds is 3. The van der Waals surface area contributed by atoms with Crippen LogP contribution in [0.15, 0.2) is 18.2 Å². The summed E-state index contributed by atoms with van der Waals surface area (Å²) < 4.78 is 0. The minimum atomic E-state index is 0.455. The second kappa shape index (κ2) is 4.47. The molecule has 0 aliphatic carbocycles. The standard InChI is InChI=1S/C10H15ClN2/c1-4-13(8(2)3)10-7-5-6-9(11)12-10/h5-8H,4H2,1-3H3. The van der Waals surface area contributed by atoms with Gasteiger partial charge in [-0.15, -0.1) is 0 Å². The summed E-state index contributed by atoms with van der Waals surface area (Å²) in [7, 11) is 0. The predicted molar refractivity (Wildman–Crippen MR) is 57.4 cm³/mol. The highest BCUT2D eigenvalue weighted by molar-refractivity contribution is 6.29. The van der Waals surface area contributed by atoms with Crippen LogP contribution in [0.5, 0.6) is 0 Å². The first-order valence-electron chi connectivity index (χ1n) is 4.54. The minimum Gasteiger partial charge on any atom is -0.354 e. The molecule has 0 atom stereocenters. The molecule has 0 aromatic carbocycles. The van der Waals surface area contributed by atoms with Gasteiger partial charge in [-0.2, -0.15) is 0 Å². The third-order valence-corrected chi connectivity index (χ3v) is 2.17. The van der Waals surface area contributed by atoms with Crippen molar-refractivity contribution in [3.63, 3.8) is 0 Å². The Balaban J connectivity index is 2.91. The van der Waals surface area contributed by atoms with Crippen LogP contribution in [0, 0.1) is 0 Å². The molecule has 72 valence electrons. The van der Waals surface area contributed by atoms with Crippen LogP contribution < -0.4 is 4.90 Å². The molecule has 0 amide bonds. The van der Waals surface area contributed by atoms with Gasteiger partial charge in [-0.1, -0.05) is 17.7 Å². The molecule has 3 heteroatoms. The number of halogens is 1. The molecule has 1 aromatic rings. The van der Waals surface area contributed by atoms with Crippen molar-refractivity contribution in [3.05, 3.63) is 23.4 Å². The lowest BCUT2D eigenvalue weighted by molar-refractivity contribution is 0.693. The number of nitrogens with zero attached hydrogens (tertiary/aromatic N) is 2. The lowest BCUT2D eigenvalue weighted by atomic mass is 10.3. The van der Waals surface area contributed by atoms with Crippen molar-refractivity contribution in [1.29, 1.82) is 0 Å². The number of hydrogen-bond donors (Lipinski definition) is 0. The van der Waals surface area contributed by atoms with Gasteiger partial charge in [0, 0.05) is 12.6 Å². The van der Waals surface area contributed by atoms with E-state index in [-0.39, 0.29) is 0 Å². The van der Waals surface area contributed by atoms with Crippen molar-refractivity contribution in [2.24, 2.45) is 0 Å². The molecule has 1 heterocycles. The zero-order chi connectivity index (χ0) is 9.84. The molecule has 0 fully saturated rings. The van der Waals surface area contributed by atoms with E-state index in [9.17, 15) is 0 Å². The van der Waals surface area contributed by atoms with E-state index in [1.165, 1.54) is 0 Å². The summed E-state index contributed by atoms with van der Waals surface area (Å²) in [5.74, 6) is 0.949. The minimum absolute atomic E-state index is 0.455. The Labute approximate surface area is 84.5 Å². The lowest BCUT2D eigenvalue weighted by Gasteiger charge is -2.26. The Hall–Kier alpha value is -0.760. The van der Waals surface area contributed by atoms with Gasteiger partial charge in [0.15, 0.2) is 0 Å². The molecule has 13 heavy (non-hydrogen) atoms. The van der Waals surface area contributed by atoms with Crippen LogP contribution in [0.2, 0.25) is 5.15 Å². The van der Waals surface area contributed by atoms with Crippen LogP contribution in [0.25, 0.3) is 0 Å². The van der Waals surface area contributed by atoms with E-state index < -0.39 is 0 Å². The molecule has 1 aromatic heterocycles. The van der Waals surface area contributed by atoms with E-state index >= 15 is 0 Å². The van der Waals surface area contributed by atoms with E-state index in [1.807, 2.05) is 12.1 Å². The molecular formula is C10H15ClN2. The summed E-state index contributed by atoms with van der Waals surface area (Å²) in [6.45, 7) is 7.35. The normalized spacial score (nSPS) is 10.5. The Bertz CT molecular complexity index is 273. The summed E-state index contributed by atoms with van der Waals surface area (Å²) in [6, 6.07) is 6.15. The summed E-state index contributed by atoms with van der Waals surface area (Å²) in [5, 5.41) is 0.552. The maximum Gasteiger partial charge on any atom is 0.131 e. The van der Waals surface area contributed by atoms with Gasteiger partial charge < -0.3 is 4.90 Å². The molecule has 2 nitrogen and oxygen atoms in total. The highest BCUT2D eigenvalue weighted by Crippen LogP contribution is 2.16. The van der Waals surface area contributed by atoms with Gasteiger partial charge in [-0.3, -0.25) is 0 Å². The van der Waals surface area contributed by atoms with Gasteiger partial charge in [0.05, 0.1) is 0 Å². The summed E-state index contributed by atoms with van der Waals surface area (Å²) in [4.78, 5) is 6.46. The van der Waals surface area contributed by atoms with Gasteiger partial charge in [0.25, 0.3) is 0 Å². The third-order valence-electron chi connectivity index (χ3n) is 1.96.